The molecule has 1 heterocycles. The van der Waals surface area contributed by atoms with Crippen LogP contribution in [0.5, 0.6) is 0 Å². The number of nitrogens with zero attached hydrogens (tertiary/aromatic N) is 1. The second-order valence-electron chi connectivity index (χ2n) is 5.68. The van der Waals surface area contributed by atoms with Crippen LogP contribution in [0.3, 0.4) is 0 Å². The van der Waals surface area contributed by atoms with E-state index >= 15 is 0 Å². The SMILES string of the molecule is CC1CCN(C2CCC(O)CC2)C(C)C1. The van der Waals surface area contributed by atoms with Crippen molar-refractivity contribution in [1.29, 1.82) is 0 Å². The molecule has 1 saturated carbocycles. The van der Waals surface area contributed by atoms with Crippen LogP contribution in [-0.2, 0) is 0 Å². The molecule has 0 bridgehead atoms. The maximum absolute atomic E-state index is 9.51. The van der Waals surface area contributed by atoms with E-state index in [1.165, 1.54) is 32.2 Å². The molecule has 2 aliphatic rings. The standard InChI is InChI=1S/C13H25NO/c1-10-7-8-14(11(2)9-10)12-3-5-13(15)6-4-12/h10-13,15H,3-9H2,1-2H3. The summed E-state index contributed by atoms with van der Waals surface area (Å²) in [4.78, 5) is 2.70. The highest BCUT2D eigenvalue weighted by Gasteiger charge is 2.31. The summed E-state index contributed by atoms with van der Waals surface area (Å²) in [6.45, 7) is 6.03. The fraction of sp³-hybridized carbons (Fsp3) is 1.00. The van der Waals surface area contributed by atoms with Gasteiger partial charge in [0.2, 0.25) is 0 Å². The van der Waals surface area contributed by atoms with Crippen LogP contribution in [0.4, 0.5) is 0 Å². The molecule has 2 fully saturated rings. The summed E-state index contributed by atoms with van der Waals surface area (Å²) in [6, 6.07) is 1.52. The van der Waals surface area contributed by atoms with Gasteiger partial charge in [-0.25, -0.2) is 0 Å². The molecular weight excluding hydrogens is 186 g/mol. The summed E-state index contributed by atoms with van der Waals surface area (Å²) in [6.07, 6.45) is 7.16. The lowest BCUT2D eigenvalue weighted by molar-refractivity contribution is 0.0301. The number of hydrogen-bond acceptors (Lipinski definition) is 2. The predicted molar refractivity (Wildman–Crippen MR) is 62.8 cm³/mol. The number of aliphatic hydroxyl groups excluding tert-OH is 1. The molecule has 2 nitrogen and oxygen atoms in total. The number of piperidine rings is 1. The Morgan fingerprint density at radius 3 is 2.27 bits per heavy atom. The average molecular weight is 211 g/mol. The van der Waals surface area contributed by atoms with Gasteiger partial charge in [0.25, 0.3) is 0 Å². The van der Waals surface area contributed by atoms with Gasteiger partial charge in [-0.15, -0.1) is 0 Å². The second-order valence-corrected chi connectivity index (χ2v) is 5.68. The van der Waals surface area contributed by atoms with Crippen molar-refractivity contribution in [3.8, 4) is 0 Å². The van der Waals surface area contributed by atoms with Crippen LogP contribution < -0.4 is 0 Å². The van der Waals surface area contributed by atoms with Gasteiger partial charge in [-0.3, -0.25) is 4.90 Å². The number of likely N-dealkylation sites (tertiary alicyclic amines) is 1. The minimum Gasteiger partial charge on any atom is -0.393 e. The topological polar surface area (TPSA) is 23.5 Å². The van der Waals surface area contributed by atoms with Gasteiger partial charge in [-0.2, -0.15) is 0 Å². The van der Waals surface area contributed by atoms with Crippen molar-refractivity contribution in [2.45, 2.75) is 70.6 Å². The zero-order chi connectivity index (χ0) is 10.8. The highest BCUT2D eigenvalue weighted by molar-refractivity contribution is 4.85. The summed E-state index contributed by atoms with van der Waals surface area (Å²) in [5.41, 5.74) is 0. The molecule has 0 amide bonds. The lowest BCUT2D eigenvalue weighted by Gasteiger charge is -2.43. The molecule has 2 atom stereocenters. The van der Waals surface area contributed by atoms with E-state index in [9.17, 15) is 5.11 Å². The molecule has 2 heteroatoms. The van der Waals surface area contributed by atoms with Crippen molar-refractivity contribution in [3.63, 3.8) is 0 Å². The molecule has 0 aromatic carbocycles. The van der Waals surface area contributed by atoms with Crippen molar-refractivity contribution >= 4 is 0 Å². The first-order valence-electron chi connectivity index (χ1n) is 6.60. The van der Waals surface area contributed by atoms with Gasteiger partial charge in [0, 0.05) is 12.1 Å². The van der Waals surface area contributed by atoms with Gasteiger partial charge >= 0.3 is 0 Å². The van der Waals surface area contributed by atoms with Crippen LogP contribution >= 0.6 is 0 Å². The van der Waals surface area contributed by atoms with E-state index in [0.29, 0.717) is 0 Å². The van der Waals surface area contributed by atoms with E-state index in [4.69, 9.17) is 0 Å². The van der Waals surface area contributed by atoms with Crippen molar-refractivity contribution < 1.29 is 5.11 Å². The van der Waals surface area contributed by atoms with Gasteiger partial charge in [0.05, 0.1) is 6.10 Å². The van der Waals surface area contributed by atoms with E-state index in [2.05, 4.69) is 18.7 Å². The lowest BCUT2D eigenvalue weighted by Crippen LogP contribution is -2.48. The second kappa shape index (κ2) is 4.84. The largest absolute Gasteiger partial charge is 0.393 e. The predicted octanol–water partition coefficient (Wildman–Crippen LogP) is 2.41. The number of rotatable bonds is 1. The highest BCUT2D eigenvalue weighted by atomic mass is 16.3. The average Bonchev–Trinajstić information content (AvgIpc) is 2.20. The van der Waals surface area contributed by atoms with Crippen molar-refractivity contribution in [2.24, 2.45) is 5.92 Å². The van der Waals surface area contributed by atoms with Gasteiger partial charge in [0.1, 0.15) is 0 Å². The Labute approximate surface area is 93.7 Å². The Balaban J connectivity index is 1.87. The van der Waals surface area contributed by atoms with Gasteiger partial charge < -0.3 is 5.11 Å². The van der Waals surface area contributed by atoms with Crippen LogP contribution in [0.25, 0.3) is 0 Å². The number of aliphatic hydroxyl groups is 1. The van der Waals surface area contributed by atoms with Gasteiger partial charge in [-0.1, -0.05) is 6.92 Å². The normalized spacial score (nSPS) is 44.2. The minimum atomic E-state index is -0.0136. The molecule has 2 rings (SSSR count). The Kier molecular flexibility index (Phi) is 3.68. The third kappa shape index (κ3) is 2.73. The van der Waals surface area contributed by atoms with Crippen LogP contribution in [0.15, 0.2) is 0 Å². The molecule has 88 valence electrons. The molecule has 2 unspecified atom stereocenters. The van der Waals surface area contributed by atoms with Gasteiger partial charge in [-0.05, 0) is 57.9 Å². The fourth-order valence-electron chi connectivity index (χ4n) is 3.36. The van der Waals surface area contributed by atoms with E-state index in [-0.39, 0.29) is 6.10 Å². The quantitative estimate of drug-likeness (QED) is 0.720. The molecule has 1 N–H and O–H groups in total. The zero-order valence-corrected chi connectivity index (χ0v) is 10.2. The molecule has 1 saturated heterocycles. The lowest BCUT2D eigenvalue weighted by atomic mass is 9.86. The van der Waals surface area contributed by atoms with Crippen molar-refractivity contribution in [3.05, 3.63) is 0 Å². The Hall–Kier alpha value is -0.0800. The fourth-order valence-corrected chi connectivity index (χ4v) is 3.36. The van der Waals surface area contributed by atoms with E-state index < -0.39 is 0 Å². The van der Waals surface area contributed by atoms with Crippen LogP contribution in [0, 0.1) is 5.92 Å². The molecular formula is C13H25NO. The smallest absolute Gasteiger partial charge is 0.0541 e. The summed E-state index contributed by atoms with van der Waals surface area (Å²) in [5, 5.41) is 9.51. The monoisotopic (exact) mass is 211 g/mol. The van der Waals surface area contributed by atoms with Crippen molar-refractivity contribution in [2.75, 3.05) is 6.54 Å². The zero-order valence-electron chi connectivity index (χ0n) is 10.2. The maximum atomic E-state index is 9.51. The maximum Gasteiger partial charge on any atom is 0.0541 e. The van der Waals surface area contributed by atoms with E-state index in [1.54, 1.807) is 0 Å². The summed E-state index contributed by atoms with van der Waals surface area (Å²) in [7, 11) is 0. The Morgan fingerprint density at radius 1 is 1.00 bits per heavy atom. The van der Waals surface area contributed by atoms with E-state index in [1.807, 2.05) is 0 Å². The van der Waals surface area contributed by atoms with Crippen LogP contribution in [-0.4, -0.2) is 34.7 Å². The highest BCUT2D eigenvalue weighted by Crippen LogP contribution is 2.30. The molecule has 15 heavy (non-hydrogen) atoms. The molecule has 0 aromatic heterocycles. The first-order valence-corrected chi connectivity index (χ1v) is 6.60. The molecule has 1 aliphatic carbocycles. The summed E-state index contributed by atoms with van der Waals surface area (Å²) >= 11 is 0. The van der Waals surface area contributed by atoms with Gasteiger partial charge in [0.15, 0.2) is 0 Å². The molecule has 1 aliphatic heterocycles. The summed E-state index contributed by atoms with van der Waals surface area (Å²) in [5.74, 6) is 0.908. The third-order valence-corrected chi connectivity index (χ3v) is 4.32. The molecule has 0 aromatic rings. The first kappa shape index (κ1) is 11.4. The first-order chi connectivity index (χ1) is 7.16. The van der Waals surface area contributed by atoms with Crippen LogP contribution in [0.1, 0.15) is 52.4 Å². The Bertz CT molecular complexity index is 199. The molecule has 0 radical (unpaired) electrons. The van der Waals surface area contributed by atoms with Crippen molar-refractivity contribution in [1.82, 2.24) is 4.90 Å². The third-order valence-electron chi connectivity index (χ3n) is 4.32. The van der Waals surface area contributed by atoms with E-state index in [0.717, 1.165) is 30.8 Å². The minimum absolute atomic E-state index is 0.0136. The summed E-state index contributed by atoms with van der Waals surface area (Å²) < 4.78 is 0. The Morgan fingerprint density at radius 2 is 1.67 bits per heavy atom. The molecule has 0 spiro atoms. The number of hydrogen-bond donors (Lipinski definition) is 1. The van der Waals surface area contributed by atoms with Crippen LogP contribution in [0.2, 0.25) is 0 Å².